The molecule has 1 rings (SSSR count). The number of ether oxygens (including phenoxy) is 1. The van der Waals surface area contributed by atoms with Gasteiger partial charge in [0.15, 0.2) is 0 Å². The summed E-state index contributed by atoms with van der Waals surface area (Å²) < 4.78 is 5.11. The number of carbonyl (C=O) groups is 1. The van der Waals surface area contributed by atoms with Crippen molar-refractivity contribution in [3.63, 3.8) is 0 Å². The molecule has 0 bridgehead atoms. The Morgan fingerprint density at radius 3 is 2.53 bits per heavy atom. The molecule has 1 amide bonds. The minimum absolute atomic E-state index is 0.406. The molecule has 1 unspecified atom stereocenters. The van der Waals surface area contributed by atoms with Crippen molar-refractivity contribution in [2.45, 2.75) is 45.3 Å². The van der Waals surface area contributed by atoms with Crippen molar-refractivity contribution in [3.05, 3.63) is 35.9 Å². The number of benzene rings is 1. The molecule has 106 valence electrons. The maximum absolute atomic E-state index is 11.4. The third-order valence-electron chi connectivity index (χ3n) is 2.46. The molecule has 2 N–H and O–H groups in total. The lowest BCUT2D eigenvalue weighted by molar-refractivity contribution is 0.0518. The van der Waals surface area contributed by atoms with Crippen molar-refractivity contribution >= 4 is 6.09 Å². The fourth-order valence-electron chi connectivity index (χ4n) is 1.64. The van der Waals surface area contributed by atoms with Crippen LogP contribution >= 0.6 is 0 Å². The lowest BCUT2D eigenvalue weighted by Crippen LogP contribution is -2.34. The Kier molecular flexibility index (Phi) is 5.83. The van der Waals surface area contributed by atoms with Crippen LogP contribution in [0.25, 0.3) is 0 Å². The molecule has 0 aromatic heterocycles. The van der Waals surface area contributed by atoms with Crippen LogP contribution in [0.1, 0.15) is 32.8 Å². The zero-order valence-corrected chi connectivity index (χ0v) is 11.8. The van der Waals surface area contributed by atoms with E-state index in [9.17, 15) is 9.90 Å². The summed E-state index contributed by atoms with van der Waals surface area (Å²) >= 11 is 0. The maximum atomic E-state index is 11.4. The number of aliphatic hydroxyl groups is 1. The van der Waals surface area contributed by atoms with Crippen LogP contribution < -0.4 is 5.32 Å². The summed E-state index contributed by atoms with van der Waals surface area (Å²) in [5.41, 5.74) is 0.597. The highest BCUT2D eigenvalue weighted by atomic mass is 16.6. The average molecular weight is 265 g/mol. The van der Waals surface area contributed by atoms with E-state index in [4.69, 9.17) is 4.74 Å². The van der Waals surface area contributed by atoms with E-state index < -0.39 is 17.8 Å². The fourth-order valence-corrected chi connectivity index (χ4v) is 1.64. The number of nitrogens with one attached hydrogen (secondary N) is 1. The summed E-state index contributed by atoms with van der Waals surface area (Å²) in [7, 11) is 0. The Morgan fingerprint density at radius 2 is 1.95 bits per heavy atom. The van der Waals surface area contributed by atoms with Gasteiger partial charge < -0.3 is 15.2 Å². The summed E-state index contributed by atoms with van der Waals surface area (Å²) in [5.74, 6) is 0. The molecule has 0 saturated heterocycles. The van der Waals surface area contributed by atoms with Gasteiger partial charge in [0.25, 0.3) is 0 Å². The molecule has 0 spiro atoms. The third-order valence-corrected chi connectivity index (χ3v) is 2.46. The van der Waals surface area contributed by atoms with Gasteiger partial charge in [0.2, 0.25) is 0 Å². The highest BCUT2D eigenvalue weighted by Gasteiger charge is 2.15. The maximum Gasteiger partial charge on any atom is 0.407 e. The van der Waals surface area contributed by atoms with Gasteiger partial charge in [0.05, 0.1) is 6.10 Å². The second-order valence-corrected chi connectivity index (χ2v) is 5.56. The van der Waals surface area contributed by atoms with Gasteiger partial charge in [0, 0.05) is 6.54 Å². The molecule has 0 aliphatic carbocycles. The van der Waals surface area contributed by atoms with E-state index in [1.54, 1.807) is 0 Å². The van der Waals surface area contributed by atoms with E-state index in [2.05, 4.69) is 5.32 Å². The summed E-state index contributed by atoms with van der Waals surface area (Å²) in [4.78, 5) is 11.4. The molecule has 1 atom stereocenters. The van der Waals surface area contributed by atoms with Gasteiger partial charge in [-0.3, -0.25) is 0 Å². The molecular formula is C15H23NO3. The molecule has 19 heavy (non-hydrogen) atoms. The van der Waals surface area contributed by atoms with Crippen LogP contribution in [0.3, 0.4) is 0 Å². The van der Waals surface area contributed by atoms with Crippen LogP contribution in [-0.4, -0.2) is 29.4 Å². The lowest BCUT2D eigenvalue weighted by atomic mass is 10.1. The van der Waals surface area contributed by atoms with E-state index in [1.165, 1.54) is 0 Å². The molecule has 0 heterocycles. The highest BCUT2D eigenvalue weighted by molar-refractivity contribution is 5.67. The molecular weight excluding hydrogens is 242 g/mol. The van der Waals surface area contributed by atoms with Gasteiger partial charge >= 0.3 is 6.09 Å². The zero-order chi connectivity index (χ0) is 14.3. The van der Waals surface area contributed by atoms with E-state index in [0.29, 0.717) is 19.4 Å². The number of hydrogen-bond acceptors (Lipinski definition) is 3. The van der Waals surface area contributed by atoms with Crippen LogP contribution in [0.5, 0.6) is 0 Å². The van der Waals surface area contributed by atoms with Gasteiger partial charge in [-0.2, -0.15) is 0 Å². The summed E-state index contributed by atoms with van der Waals surface area (Å²) in [5, 5.41) is 12.5. The Hall–Kier alpha value is -1.55. The van der Waals surface area contributed by atoms with Crippen molar-refractivity contribution in [1.82, 2.24) is 5.32 Å². The molecule has 0 fully saturated rings. The predicted octanol–water partition coefficient (Wildman–Crippen LogP) is 2.50. The largest absolute Gasteiger partial charge is 0.444 e. The molecule has 4 heteroatoms. The number of amides is 1. The van der Waals surface area contributed by atoms with Crippen LogP contribution in [-0.2, 0) is 11.2 Å². The summed E-state index contributed by atoms with van der Waals surface area (Å²) in [6, 6.07) is 9.79. The number of alkyl carbamates (subject to hydrolysis) is 1. The molecule has 0 aliphatic rings. The molecule has 0 radical (unpaired) electrons. The van der Waals surface area contributed by atoms with Crippen molar-refractivity contribution in [2.24, 2.45) is 0 Å². The molecule has 0 aliphatic heterocycles. The van der Waals surface area contributed by atoms with Crippen LogP contribution in [0, 0.1) is 0 Å². The van der Waals surface area contributed by atoms with Gasteiger partial charge in [-0.05, 0) is 39.2 Å². The first-order chi connectivity index (χ1) is 8.87. The summed E-state index contributed by atoms with van der Waals surface area (Å²) in [6.45, 7) is 5.85. The van der Waals surface area contributed by atoms with Crippen molar-refractivity contribution in [2.75, 3.05) is 6.54 Å². The topological polar surface area (TPSA) is 58.6 Å². The zero-order valence-electron chi connectivity index (χ0n) is 11.8. The Bertz CT molecular complexity index is 384. The van der Waals surface area contributed by atoms with E-state index in [-0.39, 0.29) is 0 Å². The van der Waals surface area contributed by atoms with E-state index in [0.717, 1.165) is 5.56 Å². The Balaban J connectivity index is 2.21. The monoisotopic (exact) mass is 265 g/mol. The van der Waals surface area contributed by atoms with Crippen LogP contribution in [0.4, 0.5) is 4.79 Å². The number of rotatable bonds is 5. The first-order valence-electron chi connectivity index (χ1n) is 6.55. The molecule has 1 aromatic carbocycles. The van der Waals surface area contributed by atoms with Gasteiger partial charge in [0.1, 0.15) is 5.60 Å². The van der Waals surface area contributed by atoms with Crippen LogP contribution in [0.2, 0.25) is 0 Å². The normalized spacial score (nSPS) is 12.8. The predicted molar refractivity (Wildman–Crippen MR) is 75.0 cm³/mol. The lowest BCUT2D eigenvalue weighted by Gasteiger charge is -2.20. The van der Waals surface area contributed by atoms with E-state index in [1.807, 2.05) is 51.1 Å². The fraction of sp³-hybridized carbons (Fsp3) is 0.533. The SMILES string of the molecule is CC(C)(C)OC(=O)NCCC(O)Cc1ccccc1. The first kappa shape index (κ1) is 15.5. The van der Waals surface area contributed by atoms with E-state index >= 15 is 0 Å². The van der Waals surface area contributed by atoms with Crippen LogP contribution in [0.15, 0.2) is 30.3 Å². The quantitative estimate of drug-likeness (QED) is 0.860. The third kappa shape index (κ3) is 7.47. The average Bonchev–Trinajstić information content (AvgIpc) is 2.27. The van der Waals surface area contributed by atoms with Gasteiger partial charge in [-0.15, -0.1) is 0 Å². The minimum Gasteiger partial charge on any atom is -0.444 e. The smallest absolute Gasteiger partial charge is 0.407 e. The van der Waals surface area contributed by atoms with Gasteiger partial charge in [-0.25, -0.2) is 4.79 Å². The second kappa shape index (κ2) is 7.14. The first-order valence-corrected chi connectivity index (χ1v) is 6.55. The molecule has 0 saturated carbocycles. The van der Waals surface area contributed by atoms with Crippen molar-refractivity contribution < 1.29 is 14.6 Å². The molecule has 1 aromatic rings. The Labute approximate surface area is 114 Å². The molecule has 4 nitrogen and oxygen atoms in total. The Morgan fingerprint density at radius 1 is 1.32 bits per heavy atom. The van der Waals surface area contributed by atoms with Gasteiger partial charge in [-0.1, -0.05) is 30.3 Å². The van der Waals surface area contributed by atoms with Crippen molar-refractivity contribution in [3.8, 4) is 0 Å². The van der Waals surface area contributed by atoms with Crippen molar-refractivity contribution in [1.29, 1.82) is 0 Å². The standard InChI is InChI=1S/C15H23NO3/c1-15(2,3)19-14(18)16-10-9-13(17)11-12-7-5-4-6-8-12/h4-8,13,17H,9-11H2,1-3H3,(H,16,18). The number of hydrogen-bond donors (Lipinski definition) is 2. The number of carbonyl (C=O) groups excluding carboxylic acids is 1. The summed E-state index contributed by atoms with van der Waals surface area (Å²) in [6.07, 6.45) is 0.196. The minimum atomic E-state index is -0.493. The number of aliphatic hydroxyl groups excluding tert-OH is 1. The highest BCUT2D eigenvalue weighted by Crippen LogP contribution is 2.07. The second-order valence-electron chi connectivity index (χ2n) is 5.56.